The second-order valence-corrected chi connectivity index (χ2v) is 6.37. The van der Waals surface area contributed by atoms with Crippen LogP contribution in [0.25, 0.3) is 10.8 Å². The molecule has 0 saturated heterocycles. The molecule has 112 valence electrons. The van der Waals surface area contributed by atoms with Crippen LogP contribution in [0, 0.1) is 5.92 Å². The van der Waals surface area contributed by atoms with Crippen molar-refractivity contribution in [2.75, 3.05) is 17.7 Å². The number of nitrogen functional groups attached to an aromatic ring is 1. The molecule has 1 aromatic carbocycles. The third-order valence-corrected chi connectivity index (χ3v) is 4.79. The number of aliphatic hydroxyl groups is 1. The Balaban J connectivity index is 1.96. The van der Waals surface area contributed by atoms with Crippen molar-refractivity contribution < 1.29 is 5.11 Å². The zero-order valence-electron chi connectivity index (χ0n) is 12.5. The molecule has 4 heteroatoms. The number of nitrogens with one attached hydrogen (secondary N) is 1. The molecule has 3 rings (SSSR count). The third kappa shape index (κ3) is 2.68. The van der Waals surface area contributed by atoms with E-state index in [1.807, 2.05) is 18.2 Å². The van der Waals surface area contributed by atoms with Gasteiger partial charge in [-0.3, -0.25) is 4.98 Å². The van der Waals surface area contributed by atoms with Gasteiger partial charge in [0.05, 0.1) is 12.1 Å². The number of nitrogens with two attached hydrogens (primary N) is 1. The van der Waals surface area contributed by atoms with Gasteiger partial charge in [0.15, 0.2) is 0 Å². The number of aromatic nitrogens is 1. The van der Waals surface area contributed by atoms with Crippen LogP contribution in [0.5, 0.6) is 0 Å². The van der Waals surface area contributed by atoms with E-state index in [2.05, 4.69) is 17.2 Å². The van der Waals surface area contributed by atoms with Crippen molar-refractivity contribution in [2.45, 2.75) is 38.1 Å². The Hall–Kier alpha value is -1.81. The van der Waals surface area contributed by atoms with Gasteiger partial charge in [-0.2, -0.15) is 0 Å². The van der Waals surface area contributed by atoms with Crippen LogP contribution >= 0.6 is 0 Å². The minimum Gasteiger partial charge on any atom is -0.398 e. The lowest BCUT2D eigenvalue weighted by Crippen LogP contribution is -2.45. The van der Waals surface area contributed by atoms with E-state index in [-0.39, 0.29) is 12.1 Å². The van der Waals surface area contributed by atoms with Gasteiger partial charge in [-0.15, -0.1) is 0 Å². The number of fused-ring (bicyclic) bond motifs is 1. The van der Waals surface area contributed by atoms with E-state index in [9.17, 15) is 5.11 Å². The van der Waals surface area contributed by atoms with Crippen molar-refractivity contribution >= 4 is 22.1 Å². The van der Waals surface area contributed by atoms with Crippen molar-refractivity contribution in [2.24, 2.45) is 5.92 Å². The molecule has 0 unspecified atom stereocenters. The summed E-state index contributed by atoms with van der Waals surface area (Å²) in [5, 5.41) is 15.5. The highest BCUT2D eigenvalue weighted by atomic mass is 16.3. The number of nitrogens with zero attached hydrogens (tertiary/aromatic N) is 1. The summed E-state index contributed by atoms with van der Waals surface area (Å²) in [6.07, 6.45) is 7.89. The second-order valence-electron chi connectivity index (χ2n) is 6.37. The largest absolute Gasteiger partial charge is 0.398 e. The molecule has 2 aromatic rings. The van der Waals surface area contributed by atoms with Crippen LogP contribution in [0.4, 0.5) is 11.4 Å². The van der Waals surface area contributed by atoms with Gasteiger partial charge in [0.1, 0.15) is 0 Å². The number of benzene rings is 1. The number of anilines is 2. The van der Waals surface area contributed by atoms with E-state index in [0.29, 0.717) is 0 Å². The molecule has 4 N–H and O–H groups in total. The predicted molar refractivity (Wildman–Crippen MR) is 87.2 cm³/mol. The third-order valence-electron chi connectivity index (χ3n) is 4.79. The van der Waals surface area contributed by atoms with E-state index in [4.69, 9.17) is 5.73 Å². The van der Waals surface area contributed by atoms with E-state index >= 15 is 0 Å². The van der Waals surface area contributed by atoms with Crippen LogP contribution in [0.15, 0.2) is 30.6 Å². The quantitative estimate of drug-likeness (QED) is 0.757. The number of hydrogen-bond donors (Lipinski definition) is 3. The van der Waals surface area contributed by atoms with Crippen LogP contribution in [-0.2, 0) is 0 Å². The molecule has 21 heavy (non-hydrogen) atoms. The highest BCUT2D eigenvalue weighted by Crippen LogP contribution is 2.37. The maximum Gasteiger partial charge on any atom is 0.0661 e. The molecule has 1 saturated carbocycles. The first kappa shape index (κ1) is 14.1. The van der Waals surface area contributed by atoms with Gasteiger partial charge in [0, 0.05) is 34.5 Å². The Morgan fingerprint density at radius 1 is 1.29 bits per heavy atom. The standard InChI is InChI=1S/C17H23N3O/c1-12-4-7-17(11-21,8-5-12)20-16-3-2-15(18)14-10-19-9-6-13(14)16/h2-3,6,9-10,12,20-21H,4-5,7-8,11,18H2,1H3. The zero-order valence-corrected chi connectivity index (χ0v) is 12.5. The molecule has 1 aromatic heterocycles. The van der Waals surface area contributed by atoms with Crippen molar-refractivity contribution in [1.82, 2.24) is 4.98 Å². The summed E-state index contributed by atoms with van der Waals surface area (Å²) in [6, 6.07) is 5.89. The number of rotatable bonds is 3. The molecule has 0 aliphatic heterocycles. The van der Waals surface area contributed by atoms with Gasteiger partial charge in [0.25, 0.3) is 0 Å². The Labute approximate surface area is 125 Å². The molecular weight excluding hydrogens is 262 g/mol. The molecule has 1 fully saturated rings. The Kier molecular flexibility index (Phi) is 3.72. The summed E-state index contributed by atoms with van der Waals surface area (Å²) in [4.78, 5) is 4.15. The Bertz CT molecular complexity index is 633. The lowest BCUT2D eigenvalue weighted by molar-refractivity contribution is 0.155. The monoisotopic (exact) mass is 285 g/mol. The lowest BCUT2D eigenvalue weighted by atomic mass is 9.77. The molecule has 0 bridgehead atoms. The first-order valence-electron chi connectivity index (χ1n) is 7.65. The number of pyridine rings is 1. The van der Waals surface area contributed by atoms with E-state index in [1.165, 1.54) is 0 Å². The zero-order chi connectivity index (χ0) is 14.9. The molecule has 0 radical (unpaired) electrons. The van der Waals surface area contributed by atoms with Crippen LogP contribution in [0.1, 0.15) is 32.6 Å². The Morgan fingerprint density at radius 2 is 2.05 bits per heavy atom. The van der Waals surface area contributed by atoms with Crippen LogP contribution < -0.4 is 11.1 Å². The molecule has 0 spiro atoms. The topological polar surface area (TPSA) is 71.2 Å². The van der Waals surface area contributed by atoms with Gasteiger partial charge in [0.2, 0.25) is 0 Å². The number of hydrogen-bond acceptors (Lipinski definition) is 4. The average molecular weight is 285 g/mol. The highest BCUT2D eigenvalue weighted by molar-refractivity contribution is 6.00. The fourth-order valence-corrected chi connectivity index (χ4v) is 3.24. The van der Waals surface area contributed by atoms with Crippen molar-refractivity contribution in [1.29, 1.82) is 0 Å². The molecule has 0 amide bonds. The molecule has 1 aliphatic rings. The molecule has 1 heterocycles. The summed E-state index contributed by atoms with van der Waals surface area (Å²) in [7, 11) is 0. The molecule has 0 atom stereocenters. The first-order chi connectivity index (χ1) is 10.1. The SMILES string of the molecule is CC1CCC(CO)(Nc2ccc(N)c3cnccc23)CC1. The summed E-state index contributed by atoms with van der Waals surface area (Å²) in [6.45, 7) is 2.45. The van der Waals surface area contributed by atoms with Gasteiger partial charge in [-0.1, -0.05) is 6.92 Å². The van der Waals surface area contributed by atoms with Crippen LogP contribution in [0.2, 0.25) is 0 Å². The average Bonchev–Trinajstić information content (AvgIpc) is 2.53. The van der Waals surface area contributed by atoms with Gasteiger partial charge < -0.3 is 16.2 Å². The van der Waals surface area contributed by atoms with Gasteiger partial charge >= 0.3 is 0 Å². The second kappa shape index (κ2) is 5.53. The van der Waals surface area contributed by atoms with Gasteiger partial charge in [-0.25, -0.2) is 0 Å². The van der Waals surface area contributed by atoms with Crippen molar-refractivity contribution in [3.8, 4) is 0 Å². The summed E-state index contributed by atoms with van der Waals surface area (Å²) in [5.41, 5.74) is 7.58. The summed E-state index contributed by atoms with van der Waals surface area (Å²) < 4.78 is 0. The van der Waals surface area contributed by atoms with Crippen molar-refractivity contribution in [3.05, 3.63) is 30.6 Å². The van der Waals surface area contributed by atoms with Crippen LogP contribution in [-0.4, -0.2) is 22.2 Å². The fourth-order valence-electron chi connectivity index (χ4n) is 3.24. The Morgan fingerprint density at radius 3 is 2.76 bits per heavy atom. The fraction of sp³-hybridized carbons (Fsp3) is 0.471. The van der Waals surface area contributed by atoms with E-state index < -0.39 is 0 Å². The maximum atomic E-state index is 9.92. The minimum absolute atomic E-state index is 0.163. The van der Waals surface area contributed by atoms with Crippen LogP contribution in [0.3, 0.4) is 0 Å². The smallest absolute Gasteiger partial charge is 0.0661 e. The summed E-state index contributed by atoms with van der Waals surface area (Å²) >= 11 is 0. The van der Waals surface area contributed by atoms with Gasteiger partial charge in [-0.05, 0) is 49.8 Å². The minimum atomic E-state index is -0.209. The predicted octanol–water partition coefficient (Wildman–Crippen LogP) is 3.17. The lowest BCUT2D eigenvalue weighted by Gasteiger charge is -2.40. The first-order valence-corrected chi connectivity index (χ1v) is 7.65. The summed E-state index contributed by atoms with van der Waals surface area (Å²) in [5.74, 6) is 0.749. The van der Waals surface area contributed by atoms with E-state index in [0.717, 1.165) is 53.7 Å². The highest BCUT2D eigenvalue weighted by Gasteiger charge is 2.33. The normalized spacial score (nSPS) is 25.9. The maximum absolute atomic E-state index is 9.92. The molecule has 1 aliphatic carbocycles. The molecular formula is C17H23N3O. The number of aliphatic hydroxyl groups excluding tert-OH is 1. The van der Waals surface area contributed by atoms with E-state index in [1.54, 1.807) is 12.4 Å². The van der Waals surface area contributed by atoms with Crippen molar-refractivity contribution in [3.63, 3.8) is 0 Å². The molecule has 4 nitrogen and oxygen atoms in total.